The van der Waals surface area contributed by atoms with Crippen molar-refractivity contribution in [3.63, 3.8) is 0 Å². The molecule has 0 amide bonds. The zero-order chi connectivity index (χ0) is 19.5. The molecular weight excluding hydrogens is 384 g/mol. The van der Waals surface area contributed by atoms with Crippen LogP contribution in [0.4, 0.5) is 0 Å². The number of hydrogen-bond acceptors (Lipinski definition) is 3. The number of para-hydroxylation sites is 2. The number of imidazole rings is 1. The molecule has 4 aromatic rings. The monoisotopic (exact) mass is 398 g/mol. The number of carbonyl (C=O) groups excluding carboxylic acids is 1. The van der Waals surface area contributed by atoms with Crippen molar-refractivity contribution in [1.29, 1.82) is 0 Å². The Morgan fingerprint density at radius 3 is 2.69 bits per heavy atom. The van der Waals surface area contributed by atoms with Gasteiger partial charge >= 0.3 is 5.97 Å². The van der Waals surface area contributed by atoms with Crippen LogP contribution in [0.15, 0.2) is 83.9 Å². The van der Waals surface area contributed by atoms with E-state index in [0.717, 1.165) is 27.9 Å². The van der Waals surface area contributed by atoms with E-state index in [1.54, 1.807) is 6.08 Å². The third-order valence-electron chi connectivity index (χ3n) is 5.62. The number of rotatable bonds is 1. The van der Waals surface area contributed by atoms with E-state index < -0.39 is 0 Å². The van der Waals surface area contributed by atoms with Gasteiger partial charge in [0.05, 0.1) is 16.7 Å². The Balaban J connectivity index is 1.77. The van der Waals surface area contributed by atoms with Gasteiger partial charge in [0.15, 0.2) is 5.65 Å². The number of hydrogen-bond donors (Lipinski definition) is 0. The molecule has 29 heavy (non-hydrogen) atoms. The molecule has 2 unspecified atom stereocenters. The number of esters is 1. The highest BCUT2D eigenvalue weighted by molar-refractivity contribution is 6.31. The van der Waals surface area contributed by atoms with Gasteiger partial charge in [-0.25, -0.2) is 9.78 Å². The Morgan fingerprint density at radius 2 is 1.83 bits per heavy atom. The average molecular weight is 399 g/mol. The second kappa shape index (κ2) is 6.06. The molecule has 2 aliphatic rings. The number of ether oxygens (including phenoxy) is 1. The normalized spacial score (nSPS) is 20.3. The molecule has 2 atom stereocenters. The first-order chi connectivity index (χ1) is 14.2. The Bertz CT molecular complexity index is 1370. The Kier molecular flexibility index (Phi) is 3.46. The molecule has 3 heterocycles. The van der Waals surface area contributed by atoms with Crippen molar-refractivity contribution in [1.82, 2.24) is 9.38 Å². The van der Waals surface area contributed by atoms with Crippen LogP contribution in [-0.2, 0) is 4.74 Å². The van der Waals surface area contributed by atoms with Gasteiger partial charge in [-0.05, 0) is 41.5 Å². The van der Waals surface area contributed by atoms with E-state index in [-0.39, 0.29) is 18.0 Å². The number of pyridine rings is 1. The zero-order valence-corrected chi connectivity index (χ0v) is 16.0. The van der Waals surface area contributed by atoms with Crippen molar-refractivity contribution in [3.05, 3.63) is 95.1 Å². The minimum absolute atomic E-state index is 0.132. The fraction of sp³-hybridized carbons (Fsp3) is 0.0833. The summed E-state index contributed by atoms with van der Waals surface area (Å²) in [6.45, 7) is 0. The first-order valence-electron chi connectivity index (χ1n) is 9.47. The predicted octanol–water partition coefficient (Wildman–Crippen LogP) is 5.47. The van der Waals surface area contributed by atoms with Crippen molar-refractivity contribution >= 4 is 34.3 Å². The maximum absolute atomic E-state index is 13.0. The van der Waals surface area contributed by atoms with Crippen LogP contribution < -0.4 is 0 Å². The van der Waals surface area contributed by atoms with Gasteiger partial charge in [-0.2, -0.15) is 0 Å². The summed E-state index contributed by atoms with van der Waals surface area (Å²) < 4.78 is 7.78. The highest BCUT2D eigenvalue weighted by Gasteiger charge is 2.37. The lowest BCUT2D eigenvalue weighted by atomic mass is 9.84. The number of allylic oxidation sites excluding steroid dienone is 2. The van der Waals surface area contributed by atoms with Crippen LogP contribution in [0, 0.1) is 0 Å². The molecule has 0 bridgehead atoms. The van der Waals surface area contributed by atoms with Crippen LogP contribution >= 0.6 is 11.6 Å². The molecule has 0 saturated carbocycles. The highest BCUT2D eigenvalue weighted by Crippen LogP contribution is 2.41. The lowest BCUT2D eigenvalue weighted by molar-refractivity contribution is 0.0326. The van der Waals surface area contributed by atoms with Gasteiger partial charge in [0.2, 0.25) is 0 Å². The first kappa shape index (κ1) is 16.6. The quantitative estimate of drug-likeness (QED) is 0.399. The molecule has 1 aliphatic heterocycles. The van der Waals surface area contributed by atoms with Gasteiger partial charge in [-0.1, -0.05) is 60.1 Å². The van der Waals surface area contributed by atoms with Gasteiger partial charge < -0.3 is 4.74 Å². The summed E-state index contributed by atoms with van der Waals surface area (Å²) in [5.74, 6) is -0.482. The molecule has 2 aromatic heterocycles. The van der Waals surface area contributed by atoms with E-state index in [9.17, 15) is 4.79 Å². The van der Waals surface area contributed by atoms with Crippen LogP contribution in [0.2, 0.25) is 0 Å². The van der Waals surface area contributed by atoms with E-state index in [1.165, 1.54) is 0 Å². The third kappa shape index (κ3) is 2.39. The molecule has 4 nitrogen and oxygen atoms in total. The van der Waals surface area contributed by atoms with Crippen LogP contribution in [0.1, 0.15) is 21.8 Å². The summed E-state index contributed by atoms with van der Waals surface area (Å²) >= 11 is 6.29. The van der Waals surface area contributed by atoms with Gasteiger partial charge in [-0.3, -0.25) is 4.40 Å². The molecule has 1 aliphatic carbocycles. The van der Waals surface area contributed by atoms with Crippen LogP contribution in [-0.4, -0.2) is 21.5 Å². The van der Waals surface area contributed by atoms with Crippen molar-refractivity contribution in [2.75, 3.05) is 0 Å². The lowest BCUT2D eigenvalue weighted by Gasteiger charge is -2.32. The SMILES string of the molecule is O=C1OC2C=CC(Cl)=CC2c2cc(-c3ccccc3)n3c(nc4ccccc43)c21. The molecular formula is C24H15ClN2O2. The van der Waals surface area contributed by atoms with E-state index in [4.69, 9.17) is 21.3 Å². The lowest BCUT2D eigenvalue weighted by Crippen LogP contribution is -2.32. The third-order valence-corrected chi connectivity index (χ3v) is 5.87. The molecule has 140 valence electrons. The predicted molar refractivity (Wildman–Crippen MR) is 113 cm³/mol. The summed E-state index contributed by atoms with van der Waals surface area (Å²) in [6.07, 6.45) is 5.22. The topological polar surface area (TPSA) is 43.6 Å². The van der Waals surface area contributed by atoms with Crippen LogP contribution in [0.3, 0.4) is 0 Å². The summed E-state index contributed by atoms with van der Waals surface area (Å²) in [5, 5.41) is 0.643. The maximum Gasteiger partial charge on any atom is 0.342 e. The van der Waals surface area contributed by atoms with E-state index in [2.05, 4.69) is 22.6 Å². The number of fused-ring (bicyclic) bond motifs is 7. The Labute approximate surface area is 171 Å². The Hall–Kier alpha value is -3.37. The van der Waals surface area contributed by atoms with Crippen molar-refractivity contribution in [2.45, 2.75) is 12.0 Å². The number of halogens is 1. The van der Waals surface area contributed by atoms with Crippen molar-refractivity contribution < 1.29 is 9.53 Å². The van der Waals surface area contributed by atoms with Crippen molar-refractivity contribution in [2.24, 2.45) is 0 Å². The fourth-order valence-corrected chi connectivity index (χ4v) is 4.54. The van der Waals surface area contributed by atoms with Crippen molar-refractivity contribution in [3.8, 4) is 11.3 Å². The number of aromatic nitrogens is 2. The molecule has 0 spiro atoms. The van der Waals surface area contributed by atoms with Crippen LogP contribution in [0.25, 0.3) is 27.9 Å². The molecule has 5 heteroatoms. The minimum Gasteiger partial charge on any atom is -0.453 e. The molecule has 0 saturated heterocycles. The van der Waals surface area contributed by atoms with E-state index >= 15 is 0 Å². The van der Waals surface area contributed by atoms with Gasteiger partial charge in [0.1, 0.15) is 11.7 Å². The summed E-state index contributed by atoms with van der Waals surface area (Å²) in [4.78, 5) is 17.8. The Morgan fingerprint density at radius 1 is 1.03 bits per heavy atom. The molecule has 0 radical (unpaired) electrons. The largest absolute Gasteiger partial charge is 0.453 e. The number of carbonyl (C=O) groups is 1. The van der Waals surface area contributed by atoms with Gasteiger partial charge in [0.25, 0.3) is 0 Å². The molecule has 2 aromatic carbocycles. The standard InChI is InChI=1S/C24H15ClN2O2/c25-15-10-11-21-16(12-15)17-13-20(14-6-2-1-3-7-14)27-19-9-5-4-8-18(19)26-23(27)22(17)24(28)29-21/h1-13,16,21H. The molecule has 6 rings (SSSR count). The van der Waals surface area contributed by atoms with E-state index in [0.29, 0.717) is 16.2 Å². The molecule has 0 fully saturated rings. The number of benzene rings is 2. The maximum atomic E-state index is 13.0. The molecule has 0 N–H and O–H groups in total. The first-order valence-corrected chi connectivity index (χ1v) is 9.84. The number of nitrogens with zero attached hydrogens (tertiary/aromatic N) is 2. The second-order valence-electron chi connectivity index (χ2n) is 7.29. The van der Waals surface area contributed by atoms with Gasteiger partial charge in [-0.15, -0.1) is 0 Å². The second-order valence-corrected chi connectivity index (χ2v) is 7.73. The smallest absolute Gasteiger partial charge is 0.342 e. The zero-order valence-electron chi connectivity index (χ0n) is 15.2. The fourth-order valence-electron chi connectivity index (χ4n) is 4.33. The van der Waals surface area contributed by atoms with Crippen LogP contribution in [0.5, 0.6) is 0 Å². The summed E-state index contributed by atoms with van der Waals surface area (Å²) in [5.41, 5.74) is 5.86. The van der Waals surface area contributed by atoms with Gasteiger partial charge in [0, 0.05) is 11.0 Å². The highest BCUT2D eigenvalue weighted by atomic mass is 35.5. The summed E-state index contributed by atoms with van der Waals surface area (Å²) in [7, 11) is 0. The average Bonchev–Trinajstić information content (AvgIpc) is 3.13. The minimum atomic E-state index is -0.354. The summed E-state index contributed by atoms with van der Waals surface area (Å²) in [6, 6.07) is 20.1. The van der Waals surface area contributed by atoms with E-state index in [1.807, 2.05) is 54.6 Å².